The average Bonchev–Trinajstić information content (AvgIpc) is 2.44. The standard InChI is InChI=1S/C16H12F2O2/c1-20-16(19)7-4-11-2-5-12(6-3-11)13-8-14(17)10-15(18)9-13/h2-10H,1H3/b7-4+. The van der Waals surface area contributed by atoms with Crippen molar-refractivity contribution < 1.29 is 18.3 Å². The fourth-order valence-electron chi connectivity index (χ4n) is 1.74. The van der Waals surface area contributed by atoms with Crippen molar-refractivity contribution in [3.8, 4) is 11.1 Å². The molecule has 4 heteroatoms. The van der Waals surface area contributed by atoms with E-state index in [9.17, 15) is 13.6 Å². The number of hydrogen-bond donors (Lipinski definition) is 0. The molecule has 20 heavy (non-hydrogen) atoms. The van der Waals surface area contributed by atoms with Gasteiger partial charge >= 0.3 is 5.97 Å². The quantitative estimate of drug-likeness (QED) is 0.628. The Kier molecular flexibility index (Phi) is 4.25. The average molecular weight is 274 g/mol. The maximum atomic E-state index is 13.1. The van der Waals surface area contributed by atoms with Crippen molar-refractivity contribution in [1.29, 1.82) is 0 Å². The number of carbonyl (C=O) groups is 1. The van der Waals surface area contributed by atoms with E-state index in [1.54, 1.807) is 30.3 Å². The molecule has 0 bridgehead atoms. The Hall–Kier alpha value is -2.49. The number of carbonyl (C=O) groups excluding carboxylic acids is 1. The summed E-state index contributed by atoms with van der Waals surface area (Å²) in [5, 5.41) is 0. The van der Waals surface area contributed by atoms with Crippen molar-refractivity contribution in [2.75, 3.05) is 7.11 Å². The van der Waals surface area contributed by atoms with Crippen LogP contribution in [0.5, 0.6) is 0 Å². The molecule has 2 rings (SSSR count). The number of ether oxygens (including phenoxy) is 1. The maximum Gasteiger partial charge on any atom is 0.330 e. The highest BCUT2D eigenvalue weighted by Crippen LogP contribution is 2.22. The Morgan fingerprint density at radius 2 is 1.60 bits per heavy atom. The molecule has 0 spiro atoms. The molecule has 0 N–H and O–H groups in total. The predicted octanol–water partition coefficient (Wildman–Crippen LogP) is 3.82. The molecule has 102 valence electrons. The van der Waals surface area contributed by atoms with Gasteiger partial charge in [-0.25, -0.2) is 13.6 Å². The highest BCUT2D eigenvalue weighted by molar-refractivity contribution is 5.87. The maximum absolute atomic E-state index is 13.1. The lowest BCUT2D eigenvalue weighted by Gasteiger charge is -2.03. The fraction of sp³-hybridized carbons (Fsp3) is 0.0625. The molecule has 0 saturated carbocycles. The van der Waals surface area contributed by atoms with Gasteiger partial charge in [0.15, 0.2) is 0 Å². The highest BCUT2D eigenvalue weighted by atomic mass is 19.1. The second-order valence-electron chi connectivity index (χ2n) is 4.14. The molecule has 2 aromatic rings. The van der Waals surface area contributed by atoms with Crippen molar-refractivity contribution >= 4 is 12.0 Å². The monoisotopic (exact) mass is 274 g/mol. The Morgan fingerprint density at radius 3 is 2.15 bits per heavy atom. The van der Waals surface area contributed by atoms with Gasteiger partial charge in [0.1, 0.15) is 11.6 Å². The first-order valence-electron chi connectivity index (χ1n) is 5.91. The minimum absolute atomic E-state index is 0.443. The molecule has 0 heterocycles. The molecule has 0 aliphatic carbocycles. The third-order valence-electron chi connectivity index (χ3n) is 2.72. The van der Waals surface area contributed by atoms with E-state index < -0.39 is 17.6 Å². The molecule has 2 aromatic carbocycles. The normalized spacial score (nSPS) is 10.8. The SMILES string of the molecule is COC(=O)/C=C/c1ccc(-c2cc(F)cc(F)c2)cc1. The van der Waals surface area contributed by atoms with Gasteiger partial charge in [0, 0.05) is 12.1 Å². The van der Waals surface area contributed by atoms with Gasteiger partial charge in [-0.1, -0.05) is 24.3 Å². The predicted molar refractivity (Wildman–Crippen MR) is 72.8 cm³/mol. The van der Waals surface area contributed by atoms with Gasteiger partial charge in [-0.3, -0.25) is 0 Å². The molecule has 2 nitrogen and oxygen atoms in total. The lowest BCUT2D eigenvalue weighted by Crippen LogP contribution is -1.93. The van der Waals surface area contributed by atoms with Crippen LogP contribution in [0.15, 0.2) is 48.5 Å². The van der Waals surface area contributed by atoms with E-state index in [0.29, 0.717) is 11.1 Å². The van der Waals surface area contributed by atoms with Crippen molar-refractivity contribution in [2.45, 2.75) is 0 Å². The van der Waals surface area contributed by atoms with Gasteiger partial charge in [-0.15, -0.1) is 0 Å². The minimum Gasteiger partial charge on any atom is -0.466 e. The minimum atomic E-state index is -0.616. The summed E-state index contributed by atoms with van der Waals surface area (Å²) in [6, 6.07) is 10.3. The fourth-order valence-corrected chi connectivity index (χ4v) is 1.74. The van der Waals surface area contributed by atoms with Gasteiger partial charge in [0.2, 0.25) is 0 Å². The molecule has 0 aromatic heterocycles. The molecule has 0 atom stereocenters. The van der Waals surface area contributed by atoms with Crippen molar-refractivity contribution in [3.63, 3.8) is 0 Å². The first-order valence-corrected chi connectivity index (χ1v) is 5.91. The summed E-state index contributed by atoms with van der Waals surface area (Å²) in [6.07, 6.45) is 2.90. The first kappa shape index (κ1) is 13.9. The highest BCUT2D eigenvalue weighted by Gasteiger charge is 2.03. The molecule has 0 radical (unpaired) electrons. The third kappa shape index (κ3) is 3.51. The van der Waals surface area contributed by atoms with E-state index in [-0.39, 0.29) is 0 Å². The summed E-state index contributed by atoms with van der Waals surface area (Å²) >= 11 is 0. The van der Waals surface area contributed by atoms with Crippen LogP contribution in [0.4, 0.5) is 8.78 Å². The number of methoxy groups -OCH3 is 1. The molecule has 0 aliphatic rings. The second-order valence-corrected chi connectivity index (χ2v) is 4.14. The summed E-state index contributed by atoms with van der Waals surface area (Å²) < 4.78 is 30.8. The molecule has 0 amide bonds. The lowest BCUT2D eigenvalue weighted by molar-refractivity contribution is -0.134. The Labute approximate surface area is 115 Å². The third-order valence-corrected chi connectivity index (χ3v) is 2.72. The molecule has 0 fully saturated rings. The van der Waals surface area contributed by atoms with Crippen LogP contribution in [0.25, 0.3) is 17.2 Å². The van der Waals surface area contributed by atoms with Gasteiger partial charge < -0.3 is 4.74 Å². The number of halogens is 2. The number of hydrogen-bond acceptors (Lipinski definition) is 2. The topological polar surface area (TPSA) is 26.3 Å². The van der Waals surface area contributed by atoms with Crippen LogP contribution in [0.3, 0.4) is 0 Å². The second kappa shape index (κ2) is 6.10. The Morgan fingerprint density at radius 1 is 1.00 bits per heavy atom. The van der Waals surface area contributed by atoms with Crippen LogP contribution in [0.2, 0.25) is 0 Å². The number of benzene rings is 2. The molecule has 0 unspecified atom stereocenters. The summed E-state index contributed by atoms with van der Waals surface area (Å²) in [5.41, 5.74) is 1.95. The summed E-state index contributed by atoms with van der Waals surface area (Å²) in [7, 11) is 1.30. The Balaban J connectivity index is 2.23. The zero-order valence-corrected chi connectivity index (χ0v) is 10.8. The zero-order valence-electron chi connectivity index (χ0n) is 10.8. The van der Waals surface area contributed by atoms with Gasteiger partial charge in [0.25, 0.3) is 0 Å². The summed E-state index contributed by atoms with van der Waals surface area (Å²) in [6.45, 7) is 0. The van der Waals surface area contributed by atoms with E-state index in [1.807, 2.05) is 0 Å². The van der Waals surface area contributed by atoms with Crippen molar-refractivity contribution in [1.82, 2.24) is 0 Å². The van der Waals surface area contributed by atoms with Crippen LogP contribution < -0.4 is 0 Å². The Bertz CT molecular complexity index is 626. The van der Waals surface area contributed by atoms with Crippen LogP contribution >= 0.6 is 0 Å². The van der Waals surface area contributed by atoms with E-state index in [0.717, 1.165) is 11.6 Å². The van der Waals surface area contributed by atoms with E-state index >= 15 is 0 Å². The lowest BCUT2D eigenvalue weighted by atomic mass is 10.0. The van der Waals surface area contributed by atoms with Crippen molar-refractivity contribution in [3.05, 3.63) is 65.7 Å². The van der Waals surface area contributed by atoms with Crippen LogP contribution in [-0.4, -0.2) is 13.1 Å². The van der Waals surface area contributed by atoms with E-state index in [1.165, 1.54) is 25.3 Å². The van der Waals surface area contributed by atoms with Gasteiger partial charge in [-0.2, -0.15) is 0 Å². The van der Waals surface area contributed by atoms with Crippen LogP contribution in [0, 0.1) is 11.6 Å². The van der Waals surface area contributed by atoms with Crippen LogP contribution in [-0.2, 0) is 9.53 Å². The number of esters is 1. The van der Waals surface area contributed by atoms with Crippen molar-refractivity contribution in [2.24, 2.45) is 0 Å². The van der Waals surface area contributed by atoms with E-state index in [4.69, 9.17) is 0 Å². The zero-order chi connectivity index (χ0) is 14.5. The van der Waals surface area contributed by atoms with Gasteiger partial charge in [0.05, 0.1) is 7.11 Å². The molecule has 0 saturated heterocycles. The number of rotatable bonds is 3. The first-order chi connectivity index (χ1) is 9.58. The molecular formula is C16H12F2O2. The largest absolute Gasteiger partial charge is 0.466 e. The summed E-state index contributed by atoms with van der Waals surface area (Å²) in [4.78, 5) is 11.0. The van der Waals surface area contributed by atoms with Gasteiger partial charge in [-0.05, 0) is 34.9 Å². The molecular weight excluding hydrogens is 262 g/mol. The summed E-state index contributed by atoms with van der Waals surface area (Å²) in [5.74, 6) is -1.68. The van der Waals surface area contributed by atoms with Crippen LogP contribution in [0.1, 0.15) is 5.56 Å². The smallest absolute Gasteiger partial charge is 0.330 e. The molecule has 0 aliphatic heterocycles. The van der Waals surface area contributed by atoms with E-state index in [2.05, 4.69) is 4.74 Å².